The van der Waals surface area contributed by atoms with Crippen molar-refractivity contribution < 1.29 is 9.90 Å². The number of carboxylic acids is 1. The van der Waals surface area contributed by atoms with Crippen LogP contribution in [0.25, 0.3) is 5.78 Å². The van der Waals surface area contributed by atoms with Crippen LogP contribution in [0.1, 0.15) is 15.9 Å². The first-order valence-electron chi connectivity index (χ1n) is 5.89. The first-order chi connectivity index (χ1) is 10.1. The number of nitrogens with one attached hydrogen (secondary N) is 1. The van der Waals surface area contributed by atoms with Crippen molar-refractivity contribution in [2.24, 2.45) is 0 Å². The van der Waals surface area contributed by atoms with Gasteiger partial charge in [-0.3, -0.25) is 9.78 Å². The Kier molecular flexibility index (Phi) is 3.40. The molecule has 9 heteroatoms. The van der Waals surface area contributed by atoms with Crippen LogP contribution < -0.4 is 5.56 Å². The SMILES string of the molecule is O=C(O)c1ccc(CSc2nnc3[nH]c(=O)cnn23)cc1. The number of benzene rings is 1. The van der Waals surface area contributed by atoms with Crippen molar-refractivity contribution >= 4 is 23.5 Å². The van der Waals surface area contributed by atoms with E-state index in [0.29, 0.717) is 10.9 Å². The summed E-state index contributed by atoms with van der Waals surface area (Å²) in [5.41, 5.74) is 0.859. The van der Waals surface area contributed by atoms with E-state index in [4.69, 9.17) is 5.11 Å². The van der Waals surface area contributed by atoms with Crippen LogP contribution in [0, 0.1) is 0 Å². The molecule has 0 fully saturated rings. The summed E-state index contributed by atoms with van der Waals surface area (Å²) >= 11 is 1.39. The molecule has 0 amide bonds. The maximum absolute atomic E-state index is 11.1. The van der Waals surface area contributed by atoms with Crippen LogP contribution in [-0.4, -0.2) is 35.9 Å². The molecule has 2 aromatic heterocycles. The number of hydrogen-bond acceptors (Lipinski definition) is 6. The van der Waals surface area contributed by atoms with E-state index >= 15 is 0 Å². The molecule has 106 valence electrons. The summed E-state index contributed by atoms with van der Waals surface area (Å²) in [6, 6.07) is 6.59. The molecule has 0 aliphatic heterocycles. The van der Waals surface area contributed by atoms with E-state index in [1.165, 1.54) is 16.3 Å². The molecule has 2 heterocycles. The van der Waals surface area contributed by atoms with Crippen molar-refractivity contribution in [3.05, 3.63) is 51.9 Å². The van der Waals surface area contributed by atoms with Gasteiger partial charge in [-0.05, 0) is 17.7 Å². The van der Waals surface area contributed by atoms with E-state index in [2.05, 4.69) is 20.3 Å². The minimum absolute atomic E-state index is 0.246. The average molecular weight is 303 g/mol. The summed E-state index contributed by atoms with van der Waals surface area (Å²) in [4.78, 5) is 24.4. The van der Waals surface area contributed by atoms with Crippen LogP contribution in [0.5, 0.6) is 0 Å². The zero-order chi connectivity index (χ0) is 14.8. The maximum atomic E-state index is 11.1. The highest BCUT2D eigenvalue weighted by Crippen LogP contribution is 2.20. The number of nitrogens with zero attached hydrogens (tertiary/aromatic N) is 4. The number of fused-ring (bicyclic) bond motifs is 1. The molecular weight excluding hydrogens is 294 g/mol. The Balaban J connectivity index is 1.77. The first-order valence-corrected chi connectivity index (χ1v) is 6.88. The number of carbonyl (C=O) groups is 1. The molecule has 0 aliphatic carbocycles. The molecule has 1 aromatic carbocycles. The normalized spacial score (nSPS) is 10.9. The molecule has 0 spiro atoms. The van der Waals surface area contributed by atoms with Gasteiger partial charge in [-0.2, -0.15) is 9.61 Å². The van der Waals surface area contributed by atoms with Gasteiger partial charge in [0.15, 0.2) is 0 Å². The van der Waals surface area contributed by atoms with Gasteiger partial charge in [-0.25, -0.2) is 4.79 Å². The van der Waals surface area contributed by atoms with E-state index < -0.39 is 5.97 Å². The maximum Gasteiger partial charge on any atom is 0.335 e. The second-order valence-electron chi connectivity index (χ2n) is 4.14. The fraction of sp³-hybridized carbons (Fsp3) is 0.0833. The third-order valence-electron chi connectivity index (χ3n) is 2.71. The fourth-order valence-electron chi connectivity index (χ4n) is 1.68. The Hall–Kier alpha value is -2.68. The molecule has 3 rings (SSSR count). The number of aromatic carboxylic acids is 1. The van der Waals surface area contributed by atoms with Crippen molar-refractivity contribution in [3.63, 3.8) is 0 Å². The zero-order valence-electron chi connectivity index (χ0n) is 10.6. The van der Waals surface area contributed by atoms with E-state index in [1.807, 2.05) is 0 Å². The Labute approximate surface area is 121 Å². The van der Waals surface area contributed by atoms with Crippen molar-refractivity contribution in [1.82, 2.24) is 24.8 Å². The van der Waals surface area contributed by atoms with Gasteiger partial charge >= 0.3 is 5.97 Å². The second-order valence-corrected chi connectivity index (χ2v) is 5.09. The highest BCUT2D eigenvalue weighted by molar-refractivity contribution is 7.98. The number of rotatable bonds is 4. The number of thioether (sulfide) groups is 1. The van der Waals surface area contributed by atoms with E-state index in [9.17, 15) is 9.59 Å². The van der Waals surface area contributed by atoms with Crippen LogP contribution in [0.2, 0.25) is 0 Å². The lowest BCUT2D eigenvalue weighted by Gasteiger charge is -2.01. The van der Waals surface area contributed by atoms with Crippen LogP contribution in [0.3, 0.4) is 0 Å². The average Bonchev–Trinajstić information content (AvgIpc) is 2.87. The zero-order valence-corrected chi connectivity index (χ0v) is 11.4. The lowest BCUT2D eigenvalue weighted by atomic mass is 10.1. The third kappa shape index (κ3) is 2.77. The number of aromatic amines is 1. The fourth-order valence-corrected chi connectivity index (χ4v) is 2.52. The van der Waals surface area contributed by atoms with Crippen molar-refractivity contribution in [3.8, 4) is 0 Å². The second kappa shape index (κ2) is 5.37. The van der Waals surface area contributed by atoms with Crippen LogP contribution in [0.15, 0.2) is 40.4 Å². The molecule has 0 unspecified atom stereocenters. The van der Waals surface area contributed by atoms with Gasteiger partial charge in [-0.1, -0.05) is 23.9 Å². The molecule has 0 saturated carbocycles. The Morgan fingerprint density at radius 2 is 2.05 bits per heavy atom. The third-order valence-corrected chi connectivity index (χ3v) is 3.70. The minimum Gasteiger partial charge on any atom is -0.478 e. The topological polar surface area (TPSA) is 113 Å². The van der Waals surface area contributed by atoms with Crippen molar-refractivity contribution in [2.75, 3.05) is 0 Å². The minimum atomic E-state index is -0.953. The predicted octanol–water partition coefficient (Wildman–Crippen LogP) is 0.803. The first kappa shape index (κ1) is 13.3. The predicted molar refractivity (Wildman–Crippen MR) is 74.4 cm³/mol. The summed E-state index contributed by atoms with van der Waals surface area (Å²) < 4.78 is 1.44. The molecule has 0 saturated heterocycles. The molecule has 0 radical (unpaired) electrons. The quantitative estimate of drug-likeness (QED) is 0.685. The lowest BCUT2D eigenvalue weighted by molar-refractivity contribution is 0.0697. The van der Waals surface area contributed by atoms with Gasteiger partial charge in [0.05, 0.1) is 5.56 Å². The van der Waals surface area contributed by atoms with Gasteiger partial charge < -0.3 is 5.11 Å². The number of aromatic nitrogens is 5. The standard InChI is InChI=1S/C12H9N5O3S/c18-9-5-13-17-11(14-9)15-16-12(17)21-6-7-1-3-8(4-2-7)10(19)20/h1-5H,6H2,(H,19,20)(H,14,15,18). The molecule has 21 heavy (non-hydrogen) atoms. The molecule has 0 atom stereocenters. The smallest absolute Gasteiger partial charge is 0.335 e. The van der Waals surface area contributed by atoms with Gasteiger partial charge in [0.1, 0.15) is 6.20 Å². The largest absolute Gasteiger partial charge is 0.478 e. The number of H-pyrrole nitrogens is 1. The lowest BCUT2D eigenvalue weighted by Crippen LogP contribution is -2.09. The van der Waals surface area contributed by atoms with E-state index in [-0.39, 0.29) is 16.9 Å². The van der Waals surface area contributed by atoms with Gasteiger partial charge in [0.2, 0.25) is 5.16 Å². The van der Waals surface area contributed by atoms with Crippen LogP contribution in [0.4, 0.5) is 0 Å². The van der Waals surface area contributed by atoms with Crippen molar-refractivity contribution in [2.45, 2.75) is 10.9 Å². The van der Waals surface area contributed by atoms with Crippen molar-refractivity contribution in [1.29, 1.82) is 0 Å². The molecule has 2 N–H and O–H groups in total. The Morgan fingerprint density at radius 3 is 2.76 bits per heavy atom. The van der Waals surface area contributed by atoms with Crippen LogP contribution >= 0.6 is 11.8 Å². The summed E-state index contributed by atoms with van der Waals surface area (Å²) in [5, 5.41) is 21.1. The van der Waals surface area contributed by atoms with Gasteiger partial charge in [0, 0.05) is 5.75 Å². The summed E-state index contributed by atoms with van der Waals surface area (Å²) in [5.74, 6) is -0.0846. The van der Waals surface area contributed by atoms with E-state index in [0.717, 1.165) is 11.8 Å². The highest BCUT2D eigenvalue weighted by atomic mass is 32.2. The Morgan fingerprint density at radius 1 is 1.29 bits per heavy atom. The van der Waals surface area contributed by atoms with Gasteiger partial charge in [-0.15, -0.1) is 10.2 Å². The van der Waals surface area contributed by atoms with Crippen LogP contribution in [-0.2, 0) is 5.75 Å². The van der Waals surface area contributed by atoms with E-state index in [1.54, 1.807) is 24.3 Å². The molecule has 0 bridgehead atoms. The molecular formula is C12H9N5O3S. The van der Waals surface area contributed by atoms with Gasteiger partial charge in [0.25, 0.3) is 11.3 Å². The summed E-state index contributed by atoms with van der Waals surface area (Å²) in [6.45, 7) is 0. The Bertz CT molecular complexity index is 855. The number of hydrogen-bond donors (Lipinski definition) is 2. The molecule has 3 aromatic rings. The summed E-state index contributed by atoms with van der Waals surface area (Å²) in [6.07, 6.45) is 1.15. The summed E-state index contributed by atoms with van der Waals surface area (Å²) in [7, 11) is 0. The molecule has 8 nitrogen and oxygen atoms in total. The number of carboxylic acid groups (broad SMARTS) is 1. The monoisotopic (exact) mass is 303 g/mol. The molecule has 0 aliphatic rings. The highest BCUT2D eigenvalue weighted by Gasteiger charge is 2.08.